The molecule has 0 bridgehead atoms. The highest BCUT2D eigenvalue weighted by Crippen LogP contribution is 2.41. The van der Waals surface area contributed by atoms with Gasteiger partial charge in [-0.1, -0.05) is 19.9 Å². The molecule has 4 atom stereocenters. The lowest BCUT2D eigenvalue weighted by Crippen LogP contribution is -2.39. The van der Waals surface area contributed by atoms with Crippen LogP contribution in [0.2, 0.25) is 0 Å². The van der Waals surface area contributed by atoms with Gasteiger partial charge in [0.15, 0.2) is 6.29 Å². The number of pyridine rings is 1. The molecule has 0 radical (unpaired) electrons. The molecule has 2 aromatic heterocycles. The summed E-state index contributed by atoms with van der Waals surface area (Å²) in [6.07, 6.45) is 4.38. The Labute approximate surface area is 247 Å². The molecule has 1 aromatic carbocycles. The summed E-state index contributed by atoms with van der Waals surface area (Å²) in [5.41, 5.74) is 3.47. The molecule has 3 aromatic rings. The maximum Gasteiger partial charge on any atom is 0.226 e. The molecular formula is C32H43N3O5S. The second-order valence-corrected chi connectivity index (χ2v) is 12.0. The molecule has 1 saturated carbocycles. The largest absolute Gasteiger partial charge is 0.496 e. The highest BCUT2D eigenvalue weighted by atomic mass is 32.1. The van der Waals surface area contributed by atoms with E-state index >= 15 is 0 Å². The molecule has 8 nitrogen and oxygen atoms in total. The summed E-state index contributed by atoms with van der Waals surface area (Å²) in [5.74, 6) is 0.993. The maximum absolute atomic E-state index is 13.5. The Morgan fingerprint density at radius 2 is 2.00 bits per heavy atom. The normalized spacial score (nSPS) is 19.5. The number of carbonyl (C=O) groups is 1. The number of amides is 1. The molecule has 1 aliphatic carbocycles. The number of benzene rings is 1. The SMILES string of the molecule is C=CCCCCN(C)C(=O)[C@@H]1C[C@H](Oc2cc(-c3nc(C(C)C)cs3)nc3c(C)c(OC)ccc23)C[C@H]1C(O)OC. The smallest absolute Gasteiger partial charge is 0.226 e. The van der Waals surface area contributed by atoms with Gasteiger partial charge in [-0.05, 0) is 57.1 Å². The first-order valence-corrected chi connectivity index (χ1v) is 15.2. The van der Waals surface area contributed by atoms with E-state index in [0.29, 0.717) is 31.1 Å². The predicted molar refractivity (Wildman–Crippen MR) is 164 cm³/mol. The van der Waals surface area contributed by atoms with Gasteiger partial charge in [0.05, 0.1) is 24.4 Å². The van der Waals surface area contributed by atoms with Crippen LogP contribution in [-0.2, 0) is 9.53 Å². The van der Waals surface area contributed by atoms with E-state index in [0.717, 1.165) is 57.9 Å². The van der Waals surface area contributed by atoms with E-state index in [-0.39, 0.29) is 17.9 Å². The van der Waals surface area contributed by atoms with E-state index in [4.69, 9.17) is 24.2 Å². The fourth-order valence-electron chi connectivity index (χ4n) is 5.58. The van der Waals surface area contributed by atoms with Crippen LogP contribution in [0.3, 0.4) is 0 Å². The molecule has 1 N–H and O–H groups in total. The summed E-state index contributed by atoms with van der Waals surface area (Å²) in [6.45, 7) is 10.7. The van der Waals surface area contributed by atoms with Crippen LogP contribution < -0.4 is 9.47 Å². The Morgan fingerprint density at radius 1 is 1.22 bits per heavy atom. The molecule has 0 saturated heterocycles. The summed E-state index contributed by atoms with van der Waals surface area (Å²) in [4.78, 5) is 25.1. The van der Waals surface area contributed by atoms with Gasteiger partial charge >= 0.3 is 0 Å². The van der Waals surface area contributed by atoms with Crippen molar-refractivity contribution >= 4 is 28.1 Å². The predicted octanol–water partition coefficient (Wildman–Crippen LogP) is 6.35. The van der Waals surface area contributed by atoms with Crippen molar-refractivity contribution in [3.63, 3.8) is 0 Å². The van der Waals surface area contributed by atoms with Crippen LogP contribution in [0.5, 0.6) is 11.5 Å². The number of nitrogens with zero attached hydrogens (tertiary/aromatic N) is 3. The number of unbranched alkanes of at least 4 members (excludes halogenated alkanes) is 2. The molecular weight excluding hydrogens is 538 g/mol. The number of thiazole rings is 1. The minimum Gasteiger partial charge on any atom is -0.496 e. The molecule has 2 heterocycles. The van der Waals surface area contributed by atoms with Crippen molar-refractivity contribution in [1.29, 1.82) is 0 Å². The Bertz CT molecular complexity index is 1360. The fourth-order valence-corrected chi connectivity index (χ4v) is 6.52. The van der Waals surface area contributed by atoms with E-state index in [2.05, 4.69) is 25.8 Å². The van der Waals surface area contributed by atoms with Crippen molar-refractivity contribution in [2.24, 2.45) is 11.8 Å². The van der Waals surface area contributed by atoms with Gasteiger partial charge < -0.3 is 24.2 Å². The van der Waals surface area contributed by atoms with Crippen molar-refractivity contribution in [2.45, 2.75) is 71.2 Å². The van der Waals surface area contributed by atoms with E-state index in [1.165, 1.54) is 7.11 Å². The first-order chi connectivity index (χ1) is 19.7. The minimum absolute atomic E-state index is 0.0145. The zero-order valence-electron chi connectivity index (χ0n) is 25.1. The average Bonchev–Trinajstić information content (AvgIpc) is 3.63. The van der Waals surface area contributed by atoms with E-state index in [1.807, 2.05) is 38.2 Å². The highest BCUT2D eigenvalue weighted by Gasteiger charge is 2.44. The van der Waals surface area contributed by atoms with Gasteiger partial charge in [0.1, 0.15) is 22.2 Å². The second-order valence-electron chi connectivity index (χ2n) is 11.2. The first-order valence-electron chi connectivity index (χ1n) is 14.4. The van der Waals surface area contributed by atoms with Crippen LogP contribution in [0.25, 0.3) is 21.6 Å². The summed E-state index contributed by atoms with van der Waals surface area (Å²) < 4.78 is 17.6. The minimum atomic E-state index is -1.05. The topological polar surface area (TPSA) is 94.0 Å². The fraction of sp³-hybridized carbons (Fsp3) is 0.531. The summed E-state index contributed by atoms with van der Waals surface area (Å²) in [7, 11) is 4.95. The van der Waals surface area contributed by atoms with Crippen LogP contribution in [0, 0.1) is 18.8 Å². The molecule has 0 spiro atoms. The summed E-state index contributed by atoms with van der Waals surface area (Å²) in [6, 6.07) is 5.83. The third-order valence-corrected chi connectivity index (χ3v) is 8.90. The molecule has 4 rings (SSSR count). The Balaban J connectivity index is 1.65. The maximum atomic E-state index is 13.5. The number of hydrogen-bond donors (Lipinski definition) is 1. The molecule has 1 unspecified atom stereocenters. The number of aryl methyl sites for hydroxylation is 1. The van der Waals surface area contributed by atoms with Gasteiger partial charge in [-0.2, -0.15) is 0 Å². The van der Waals surface area contributed by atoms with Crippen molar-refractivity contribution in [3.8, 4) is 22.2 Å². The van der Waals surface area contributed by atoms with Gasteiger partial charge in [-0.15, -0.1) is 17.9 Å². The molecule has 1 amide bonds. The Kier molecular flexibility index (Phi) is 10.4. The molecule has 9 heteroatoms. The van der Waals surface area contributed by atoms with Crippen LogP contribution in [0.15, 0.2) is 36.2 Å². The number of methoxy groups -OCH3 is 2. The number of aliphatic hydroxyl groups excluding tert-OH is 1. The molecule has 1 aliphatic rings. The number of hydrogen-bond acceptors (Lipinski definition) is 8. The molecule has 222 valence electrons. The Hall–Kier alpha value is -3.01. The van der Waals surface area contributed by atoms with Gasteiger partial charge in [0, 0.05) is 54.9 Å². The van der Waals surface area contributed by atoms with E-state index in [9.17, 15) is 9.90 Å². The number of aliphatic hydroxyl groups is 1. The first kappa shape index (κ1) is 30.9. The van der Waals surface area contributed by atoms with Crippen molar-refractivity contribution in [2.75, 3.05) is 27.8 Å². The van der Waals surface area contributed by atoms with Gasteiger partial charge in [-0.3, -0.25) is 4.79 Å². The quantitative estimate of drug-likeness (QED) is 0.143. The zero-order chi connectivity index (χ0) is 29.7. The molecule has 1 fully saturated rings. The lowest BCUT2D eigenvalue weighted by molar-refractivity contribution is -0.149. The van der Waals surface area contributed by atoms with Gasteiger partial charge in [0.2, 0.25) is 5.91 Å². The molecule has 0 aliphatic heterocycles. The van der Waals surface area contributed by atoms with E-state index in [1.54, 1.807) is 23.3 Å². The van der Waals surface area contributed by atoms with Gasteiger partial charge in [0.25, 0.3) is 0 Å². The number of allylic oxidation sites excluding steroid dienone is 1. The number of ether oxygens (including phenoxy) is 3. The number of rotatable bonds is 13. The second kappa shape index (κ2) is 13.8. The molecule has 41 heavy (non-hydrogen) atoms. The van der Waals surface area contributed by atoms with Gasteiger partial charge in [-0.25, -0.2) is 9.97 Å². The summed E-state index contributed by atoms with van der Waals surface area (Å²) in [5, 5.41) is 14.5. The lowest BCUT2D eigenvalue weighted by atomic mass is 9.94. The van der Waals surface area contributed by atoms with E-state index < -0.39 is 12.2 Å². The highest BCUT2D eigenvalue weighted by molar-refractivity contribution is 7.13. The van der Waals surface area contributed by atoms with Crippen LogP contribution >= 0.6 is 11.3 Å². The number of aromatic nitrogens is 2. The standard InChI is InChI=1S/C32H43N3O5S/c1-8-9-10-11-14-35(5)31(36)23-15-21(16-24(23)32(37)39-7)40-28-17-25(30-34-26(18-41-30)19(2)3)33-29-20(4)27(38-6)13-12-22(28)29/h8,12-13,17-19,21,23-24,32,37H,1,9-11,14-16H2,2-7H3/t21-,23+,24+,32?/m0/s1. The third kappa shape index (κ3) is 6.90. The summed E-state index contributed by atoms with van der Waals surface area (Å²) >= 11 is 1.57. The number of carbonyl (C=O) groups excluding carboxylic acids is 1. The zero-order valence-corrected chi connectivity index (χ0v) is 25.9. The average molecular weight is 582 g/mol. The van der Waals surface area contributed by atoms with Crippen LogP contribution in [0.4, 0.5) is 0 Å². The lowest BCUT2D eigenvalue weighted by Gasteiger charge is -2.27. The van der Waals surface area contributed by atoms with Crippen LogP contribution in [-0.4, -0.2) is 66.1 Å². The number of fused-ring (bicyclic) bond motifs is 1. The Morgan fingerprint density at radius 3 is 2.66 bits per heavy atom. The third-order valence-electron chi connectivity index (χ3n) is 8.01. The monoisotopic (exact) mass is 581 g/mol. The van der Waals surface area contributed by atoms with Crippen molar-refractivity contribution in [3.05, 3.63) is 47.5 Å². The van der Waals surface area contributed by atoms with Crippen LogP contribution in [0.1, 0.15) is 63.1 Å². The van der Waals surface area contributed by atoms with Crippen molar-refractivity contribution in [1.82, 2.24) is 14.9 Å². The van der Waals surface area contributed by atoms with Crippen molar-refractivity contribution < 1.29 is 24.1 Å².